The van der Waals surface area contributed by atoms with Crippen molar-refractivity contribution in [2.45, 2.75) is 25.7 Å². The van der Waals surface area contributed by atoms with Crippen molar-refractivity contribution in [3.05, 3.63) is 11.8 Å². The minimum Gasteiger partial charge on any atom is -0.418 e. The summed E-state index contributed by atoms with van der Waals surface area (Å²) in [5.74, 6) is 1.02. The fourth-order valence-corrected chi connectivity index (χ4v) is 0.872. The monoisotopic (exact) mass is 152 g/mol. The van der Waals surface area contributed by atoms with Crippen molar-refractivity contribution in [3.63, 3.8) is 0 Å². The van der Waals surface area contributed by atoms with E-state index in [4.69, 9.17) is 4.42 Å². The molecular weight excluding hydrogens is 144 g/mol. The van der Waals surface area contributed by atoms with Gasteiger partial charge in [-0.1, -0.05) is 0 Å². The van der Waals surface area contributed by atoms with Crippen molar-refractivity contribution in [1.82, 2.24) is 10.2 Å². The first kappa shape index (κ1) is 6.52. The van der Waals surface area contributed by atoms with Gasteiger partial charge in [0, 0.05) is 12.8 Å². The molecule has 0 bridgehead atoms. The molecule has 0 aliphatic heterocycles. The molecular formula is C7H8N2O2. The van der Waals surface area contributed by atoms with Crippen LogP contribution in [0.3, 0.4) is 0 Å². The summed E-state index contributed by atoms with van der Waals surface area (Å²) in [7, 11) is 0. The maximum absolute atomic E-state index is 10.7. The number of carbonyl (C=O) groups is 1. The number of rotatable bonds is 2. The van der Waals surface area contributed by atoms with Crippen LogP contribution in [0.1, 0.15) is 42.3 Å². The standard InChI is InChI=1S/C7H8N2O2/c1-4(10)6-8-9-7(11-6)5-2-3-5/h5H,2-3H2,1H3. The second-order valence-electron chi connectivity index (χ2n) is 2.78. The SMILES string of the molecule is CC(=O)c1nnc(C2CC2)o1. The Morgan fingerprint density at radius 1 is 1.55 bits per heavy atom. The van der Waals surface area contributed by atoms with Crippen LogP contribution in [0.15, 0.2) is 4.42 Å². The van der Waals surface area contributed by atoms with Crippen LogP contribution in [0.5, 0.6) is 0 Å². The zero-order valence-electron chi connectivity index (χ0n) is 6.20. The van der Waals surface area contributed by atoms with Crippen molar-refractivity contribution in [3.8, 4) is 0 Å². The molecule has 0 spiro atoms. The minimum atomic E-state index is -0.163. The van der Waals surface area contributed by atoms with Crippen LogP contribution in [0.2, 0.25) is 0 Å². The number of ketones is 1. The van der Waals surface area contributed by atoms with E-state index in [9.17, 15) is 4.79 Å². The molecule has 0 N–H and O–H groups in total. The van der Waals surface area contributed by atoms with Crippen molar-refractivity contribution < 1.29 is 9.21 Å². The van der Waals surface area contributed by atoms with E-state index in [0.29, 0.717) is 11.8 Å². The number of hydrogen-bond donors (Lipinski definition) is 0. The summed E-state index contributed by atoms with van der Waals surface area (Å²) in [6.07, 6.45) is 2.22. The molecule has 58 valence electrons. The third kappa shape index (κ3) is 1.15. The lowest BCUT2D eigenvalue weighted by Gasteiger charge is -1.83. The molecule has 1 saturated carbocycles. The fraction of sp³-hybridized carbons (Fsp3) is 0.571. The van der Waals surface area contributed by atoms with Gasteiger partial charge < -0.3 is 4.42 Å². The van der Waals surface area contributed by atoms with Gasteiger partial charge in [-0.15, -0.1) is 10.2 Å². The van der Waals surface area contributed by atoms with Gasteiger partial charge in [0.05, 0.1) is 0 Å². The Hall–Kier alpha value is -1.19. The van der Waals surface area contributed by atoms with Gasteiger partial charge >= 0.3 is 0 Å². The number of carbonyl (C=O) groups excluding carboxylic acids is 1. The Kier molecular flexibility index (Phi) is 1.27. The average molecular weight is 152 g/mol. The molecule has 0 radical (unpaired) electrons. The van der Waals surface area contributed by atoms with Gasteiger partial charge in [-0.3, -0.25) is 4.79 Å². The topological polar surface area (TPSA) is 56.0 Å². The molecule has 2 rings (SSSR count). The molecule has 1 aromatic heterocycles. The maximum atomic E-state index is 10.7. The van der Waals surface area contributed by atoms with E-state index in [0.717, 1.165) is 12.8 Å². The third-order valence-electron chi connectivity index (χ3n) is 1.67. The minimum absolute atomic E-state index is 0.131. The summed E-state index contributed by atoms with van der Waals surface area (Å²) in [6, 6.07) is 0. The normalized spacial score (nSPS) is 16.8. The van der Waals surface area contributed by atoms with Crippen molar-refractivity contribution >= 4 is 5.78 Å². The highest BCUT2D eigenvalue weighted by molar-refractivity contribution is 5.89. The molecule has 1 fully saturated rings. The zero-order chi connectivity index (χ0) is 7.84. The molecule has 4 heteroatoms. The van der Waals surface area contributed by atoms with Crippen molar-refractivity contribution in [2.24, 2.45) is 0 Å². The molecule has 0 aromatic carbocycles. The molecule has 1 aromatic rings. The largest absolute Gasteiger partial charge is 0.418 e. The molecule has 4 nitrogen and oxygen atoms in total. The van der Waals surface area contributed by atoms with E-state index in [1.165, 1.54) is 6.92 Å². The summed E-state index contributed by atoms with van der Waals surface area (Å²) < 4.78 is 5.10. The van der Waals surface area contributed by atoms with Gasteiger partial charge in [-0.25, -0.2) is 0 Å². The van der Waals surface area contributed by atoms with E-state index in [-0.39, 0.29) is 11.7 Å². The van der Waals surface area contributed by atoms with Gasteiger partial charge in [0.25, 0.3) is 5.89 Å². The summed E-state index contributed by atoms with van der Waals surface area (Å²) in [5, 5.41) is 7.37. The van der Waals surface area contributed by atoms with Crippen LogP contribution < -0.4 is 0 Å². The van der Waals surface area contributed by atoms with E-state index >= 15 is 0 Å². The molecule has 1 aliphatic rings. The number of aromatic nitrogens is 2. The Bertz CT molecular complexity index is 288. The lowest BCUT2D eigenvalue weighted by atomic mass is 10.4. The molecule has 1 heterocycles. The highest BCUT2D eigenvalue weighted by Crippen LogP contribution is 2.38. The highest BCUT2D eigenvalue weighted by Gasteiger charge is 2.29. The predicted octanol–water partition coefficient (Wildman–Crippen LogP) is 1.15. The first-order valence-electron chi connectivity index (χ1n) is 3.61. The number of nitrogens with zero attached hydrogens (tertiary/aromatic N) is 2. The number of Topliss-reactive ketones (excluding diaryl/α,β-unsaturated/α-hetero) is 1. The molecule has 0 unspecified atom stereocenters. The van der Waals surface area contributed by atoms with Gasteiger partial charge in [-0.2, -0.15) is 0 Å². The first-order valence-corrected chi connectivity index (χ1v) is 3.61. The van der Waals surface area contributed by atoms with E-state index < -0.39 is 0 Å². The molecule has 11 heavy (non-hydrogen) atoms. The van der Waals surface area contributed by atoms with Gasteiger partial charge in [0.2, 0.25) is 11.7 Å². The Morgan fingerprint density at radius 3 is 2.73 bits per heavy atom. The number of hydrogen-bond acceptors (Lipinski definition) is 4. The Balaban J connectivity index is 2.25. The van der Waals surface area contributed by atoms with Crippen molar-refractivity contribution in [2.75, 3.05) is 0 Å². The molecule has 0 atom stereocenters. The van der Waals surface area contributed by atoms with Crippen LogP contribution in [-0.4, -0.2) is 16.0 Å². The molecule has 0 saturated heterocycles. The van der Waals surface area contributed by atoms with Crippen LogP contribution in [0.25, 0.3) is 0 Å². The van der Waals surface area contributed by atoms with Crippen LogP contribution in [0, 0.1) is 0 Å². The lowest BCUT2D eigenvalue weighted by molar-refractivity contribution is 0.0979. The van der Waals surface area contributed by atoms with Crippen molar-refractivity contribution in [1.29, 1.82) is 0 Å². The third-order valence-corrected chi connectivity index (χ3v) is 1.67. The van der Waals surface area contributed by atoms with Gasteiger partial charge in [0.15, 0.2) is 0 Å². The maximum Gasteiger partial charge on any atom is 0.283 e. The van der Waals surface area contributed by atoms with Crippen LogP contribution in [0.4, 0.5) is 0 Å². The van der Waals surface area contributed by atoms with Crippen LogP contribution >= 0.6 is 0 Å². The average Bonchev–Trinajstić information content (AvgIpc) is 2.68. The summed E-state index contributed by atoms with van der Waals surface area (Å²) >= 11 is 0. The fourth-order valence-electron chi connectivity index (χ4n) is 0.872. The Labute approximate surface area is 63.6 Å². The first-order chi connectivity index (χ1) is 5.27. The molecule has 0 amide bonds. The predicted molar refractivity (Wildman–Crippen MR) is 36.3 cm³/mol. The second-order valence-corrected chi connectivity index (χ2v) is 2.78. The highest BCUT2D eigenvalue weighted by atomic mass is 16.4. The van der Waals surface area contributed by atoms with E-state index in [1.54, 1.807) is 0 Å². The summed E-state index contributed by atoms with van der Waals surface area (Å²) in [6.45, 7) is 1.42. The van der Waals surface area contributed by atoms with Gasteiger partial charge in [0.1, 0.15) is 0 Å². The smallest absolute Gasteiger partial charge is 0.283 e. The van der Waals surface area contributed by atoms with E-state index in [1.807, 2.05) is 0 Å². The van der Waals surface area contributed by atoms with Gasteiger partial charge in [-0.05, 0) is 12.8 Å². The second kappa shape index (κ2) is 2.15. The molecule has 1 aliphatic carbocycles. The zero-order valence-corrected chi connectivity index (χ0v) is 6.20. The van der Waals surface area contributed by atoms with Crippen LogP contribution in [-0.2, 0) is 0 Å². The quantitative estimate of drug-likeness (QED) is 0.596. The summed E-state index contributed by atoms with van der Waals surface area (Å²) in [4.78, 5) is 10.7. The lowest BCUT2D eigenvalue weighted by Crippen LogP contribution is -1.90. The summed E-state index contributed by atoms with van der Waals surface area (Å²) in [5.41, 5.74) is 0. The van der Waals surface area contributed by atoms with E-state index in [2.05, 4.69) is 10.2 Å². The Morgan fingerprint density at radius 2 is 2.27 bits per heavy atom.